The van der Waals surface area contributed by atoms with E-state index in [-0.39, 0.29) is 17.1 Å². The summed E-state index contributed by atoms with van der Waals surface area (Å²) >= 11 is 5.91. The van der Waals surface area contributed by atoms with Crippen LogP contribution in [-0.4, -0.2) is 17.9 Å². The Hall–Kier alpha value is -2.33. The van der Waals surface area contributed by atoms with E-state index in [4.69, 9.17) is 16.3 Å². The van der Waals surface area contributed by atoms with Crippen LogP contribution >= 0.6 is 11.6 Å². The maximum atomic E-state index is 13.7. The van der Waals surface area contributed by atoms with Gasteiger partial charge in [0.25, 0.3) is 0 Å². The minimum Gasteiger partial charge on any atom is -0.494 e. The molecule has 0 saturated heterocycles. The first kappa shape index (κ1) is 13.6. The molecule has 0 aliphatic heterocycles. The molecule has 1 aromatic heterocycles. The number of nitrogens with one attached hydrogen (secondary N) is 1. The van der Waals surface area contributed by atoms with Crippen LogP contribution in [0.15, 0.2) is 42.6 Å². The molecule has 106 valence electrons. The maximum absolute atomic E-state index is 13.7. The number of aromatic amines is 1. The van der Waals surface area contributed by atoms with Crippen molar-refractivity contribution in [1.29, 1.82) is 0 Å². The molecular formula is C16H11ClFNO2. The van der Waals surface area contributed by atoms with Crippen molar-refractivity contribution in [2.45, 2.75) is 0 Å². The van der Waals surface area contributed by atoms with Crippen LogP contribution in [0, 0.1) is 5.82 Å². The number of fused-ring (bicyclic) bond motifs is 1. The van der Waals surface area contributed by atoms with Gasteiger partial charge in [0, 0.05) is 33.2 Å². The van der Waals surface area contributed by atoms with Gasteiger partial charge in [-0.05, 0) is 30.3 Å². The number of ether oxygens (including phenoxy) is 1. The van der Waals surface area contributed by atoms with Gasteiger partial charge in [0.05, 0.1) is 7.11 Å². The summed E-state index contributed by atoms with van der Waals surface area (Å²) in [5, 5.41) is 1.33. The Morgan fingerprint density at radius 2 is 2.05 bits per heavy atom. The van der Waals surface area contributed by atoms with E-state index in [1.54, 1.807) is 30.5 Å². The van der Waals surface area contributed by atoms with Crippen LogP contribution in [0.5, 0.6) is 5.75 Å². The highest BCUT2D eigenvalue weighted by Gasteiger charge is 2.16. The van der Waals surface area contributed by atoms with Gasteiger partial charge in [0.1, 0.15) is 0 Å². The third kappa shape index (κ3) is 2.38. The summed E-state index contributed by atoms with van der Waals surface area (Å²) < 4.78 is 18.6. The van der Waals surface area contributed by atoms with Gasteiger partial charge in [-0.15, -0.1) is 0 Å². The number of rotatable bonds is 3. The second kappa shape index (κ2) is 5.22. The molecule has 0 fully saturated rings. The predicted octanol–water partition coefficient (Wildman–Crippen LogP) is 4.20. The summed E-state index contributed by atoms with van der Waals surface area (Å²) in [5.41, 5.74) is 1.51. The number of aromatic nitrogens is 1. The number of benzene rings is 2. The average Bonchev–Trinajstić information content (AvgIpc) is 2.89. The van der Waals surface area contributed by atoms with Gasteiger partial charge in [-0.2, -0.15) is 0 Å². The number of ketones is 1. The lowest BCUT2D eigenvalue weighted by molar-refractivity contribution is 0.104. The third-order valence-corrected chi connectivity index (χ3v) is 3.54. The van der Waals surface area contributed by atoms with Crippen molar-refractivity contribution in [2.24, 2.45) is 0 Å². The summed E-state index contributed by atoms with van der Waals surface area (Å²) in [7, 11) is 1.38. The lowest BCUT2D eigenvalue weighted by Gasteiger charge is -2.04. The molecule has 0 bridgehead atoms. The fourth-order valence-electron chi connectivity index (χ4n) is 2.25. The monoisotopic (exact) mass is 303 g/mol. The van der Waals surface area contributed by atoms with Crippen molar-refractivity contribution in [1.82, 2.24) is 4.98 Å². The zero-order valence-corrected chi connectivity index (χ0v) is 11.9. The van der Waals surface area contributed by atoms with Gasteiger partial charge in [0.15, 0.2) is 17.3 Å². The Kier molecular flexibility index (Phi) is 3.39. The molecule has 0 spiro atoms. The van der Waals surface area contributed by atoms with Crippen molar-refractivity contribution >= 4 is 28.3 Å². The average molecular weight is 304 g/mol. The summed E-state index contributed by atoms with van der Waals surface area (Å²) in [6, 6.07) is 9.37. The highest BCUT2D eigenvalue weighted by molar-refractivity contribution is 6.31. The summed E-state index contributed by atoms with van der Waals surface area (Å²) in [5.74, 6) is -0.714. The lowest BCUT2D eigenvalue weighted by atomic mass is 10.0. The second-order valence-corrected chi connectivity index (χ2v) is 5.01. The van der Waals surface area contributed by atoms with Crippen LogP contribution in [0.3, 0.4) is 0 Å². The minimum absolute atomic E-state index is 0.109. The summed E-state index contributed by atoms with van der Waals surface area (Å²) in [6.07, 6.45) is 1.60. The molecular weight excluding hydrogens is 293 g/mol. The van der Waals surface area contributed by atoms with E-state index in [0.29, 0.717) is 10.6 Å². The van der Waals surface area contributed by atoms with Crippen LogP contribution in [0.25, 0.3) is 10.9 Å². The standard InChI is InChI=1S/C16H11ClFNO2/c1-21-15-5-2-9(6-13(15)18)16(20)12-8-19-14-7-10(17)3-4-11(12)14/h2-8,19H,1H3. The third-order valence-electron chi connectivity index (χ3n) is 3.30. The molecule has 3 rings (SSSR count). The molecule has 0 radical (unpaired) electrons. The van der Waals surface area contributed by atoms with Crippen molar-refractivity contribution < 1.29 is 13.9 Å². The van der Waals surface area contributed by atoms with Crippen LogP contribution in [0.2, 0.25) is 5.02 Å². The smallest absolute Gasteiger partial charge is 0.195 e. The number of methoxy groups -OCH3 is 1. The molecule has 0 amide bonds. The zero-order valence-electron chi connectivity index (χ0n) is 11.1. The molecule has 0 atom stereocenters. The van der Waals surface area contributed by atoms with Gasteiger partial charge in [0.2, 0.25) is 0 Å². The van der Waals surface area contributed by atoms with E-state index in [2.05, 4.69) is 4.98 Å². The first-order chi connectivity index (χ1) is 10.1. The van der Waals surface area contributed by atoms with E-state index < -0.39 is 5.82 Å². The topological polar surface area (TPSA) is 42.1 Å². The lowest BCUT2D eigenvalue weighted by Crippen LogP contribution is -2.01. The molecule has 5 heteroatoms. The molecule has 1 heterocycles. The SMILES string of the molecule is COc1ccc(C(=O)c2c[nH]c3cc(Cl)ccc23)cc1F. The van der Waals surface area contributed by atoms with E-state index in [1.165, 1.54) is 19.2 Å². The molecule has 3 aromatic rings. The Morgan fingerprint density at radius 3 is 2.76 bits per heavy atom. The largest absolute Gasteiger partial charge is 0.494 e. The Morgan fingerprint density at radius 1 is 1.24 bits per heavy atom. The number of hydrogen-bond donors (Lipinski definition) is 1. The normalized spacial score (nSPS) is 10.8. The zero-order chi connectivity index (χ0) is 15.0. The molecule has 0 saturated carbocycles. The van der Waals surface area contributed by atoms with Crippen LogP contribution in [0.4, 0.5) is 4.39 Å². The molecule has 21 heavy (non-hydrogen) atoms. The number of halogens is 2. The quantitative estimate of drug-likeness (QED) is 0.737. The fourth-order valence-corrected chi connectivity index (χ4v) is 2.42. The van der Waals surface area contributed by atoms with Crippen LogP contribution in [-0.2, 0) is 0 Å². The molecule has 2 aromatic carbocycles. The Balaban J connectivity index is 2.06. The van der Waals surface area contributed by atoms with E-state index in [0.717, 1.165) is 10.9 Å². The number of hydrogen-bond acceptors (Lipinski definition) is 2. The fraction of sp³-hybridized carbons (Fsp3) is 0.0625. The van der Waals surface area contributed by atoms with E-state index >= 15 is 0 Å². The van der Waals surface area contributed by atoms with Gasteiger partial charge < -0.3 is 9.72 Å². The Bertz CT molecular complexity index is 841. The summed E-state index contributed by atoms with van der Waals surface area (Å²) in [4.78, 5) is 15.5. The van der Waals surface area contributed by atoms with Crippen molar-refractivity contribution in [3.8, 4) is 5.75 Å². The highest BCUT2D eigenvalue weighted by atomic mass is 35.5. The molecule has 0 aliphatic carbocycles. The highest BCUT2D eigenvalue weighted by Crippen LogP contribution is 2.25. The van der Waals surface area contributed by atoms with E-state index in [9.17, 15) is 9.18 Å². The van der Waals surface area contributed by atoms with Crippen LogP contribution < -0.4 is 4.74 Å². The molecule has 1 N–H and O–H groups in total. The first-order valence-electron chi connectivity index (χ1n) is 6.25. The maximum Gasteiger partial charge on any atom is 0.195 e. The number of H-pyrrole nitrogens is 1. The number of carbonyl (C=O) groups is 1. The molecule has 3 nitrogen and oxygen atoms in total. The van der Waals surface area contributed by atoms with Crippen molar-refractivity contribution in [2.75, 3.05) is 7.11 Å². The number of carbonyl (C=O) groups excluding carboxylic acids is 1. The van der Waals surface area contributed by atoms with Crippen LogP contribution in [0.1, 0.15) is 15.9 Å². The van der Waals surface area contributed by atoms with Crippen molar-refractivity contribution in [3.63, 3.8) is 0 Å². The summed E-state index contributed by atoms with van der Waals surface area (Å²) in [6.45, 7) is 0. The van der Waals surface area contributed by atoms with Gasteiger partial charge in [-0.25, -0.2) is 4.39 Å². The van der Waals surface area contributed by atoms with Gasteiger partial charge in [-0.3, -0.25) is 4.79 Å². The van der Waals surface area contributed by atoms with Gasteiger partial charge >= 0.3 is 0 Å². The van der Waals surface area contributed by atoms with Gasteiger partial charge in [-0.1, -0.05) is 17.7 Å². The first-order valence-corrected chi connectivity index (χ1v) is 6.63. The van der Waals surface area contributed by atoms with E-state index in [1.807, 2.05) is 0 Å². The second-order valence-electron chi connectivity index (χ2n) is 4.57. The minimum atomic E-state index is -0.564. The predicted molar refractivity (Wildman–Crippen MR) is 79.7 cm³/mol. The molecule has 0 unspecified atom stereocenters. The Labute approximate surface area is 125 Å². The van der Waals surface area contributed by atoms with Crippen molar-refractivity contribution in [3.05, 3.63) is 64.6 Å². The molecule has 0 aliphatic rings.